The molecule has 0 radical (unpaired) electrons. The first kappa shape index (κ1) is 18.5. The van der Waals surface area contributed by atoms with Crippen molar-refractivity contribution in [2.45, 2.75) is 20.3 Å². The lowest BCUT2D eigenvalue weighted by atomic mass is 10.1. The van der Waals surface area contributed by atoms with E-state index in [0.29, 0.717) is 24.5 Å². The summed E-state index contributed by atoms with van der Waals surface area (Å²) in [5.74, 6) is 1.39. The number of carbonyl (C=O) groups is 1. The maximum absolute atomic E-state index is 12.2. The minimum atomic E-state index is -0.0650. The molecule has 3 aromatic rings. The van der Waals surface area contributed by atoms with Crippen molar-refractivity contribution in [1.29, 1.82) is 0 Å². The summed E-state index contributed by atoms with van der Waals surface area (Å²) in [6.45, 7) is 4.56. The maximum Gasteiger partial charge on any atom is 0.228 e. The van der Waals surface area contributed by atoms with Crippen LogP contribution in [0.2, 0.25) is 0 Å². The molecule has 0 unspecified atom stereocenters. The molecular weight excluding hydrogens is 338 g/mol. The molecule has 0 bridgehead atoms. The van der Waals surface area contributed by atoms with Gasteiger partial charge in [-0.25, -0.2) is 4.98 Å². The summed E-state index contributed by atoms with van der Waals surface area (Å²) in [5.41, 5.74) is 3.65. The summed E-state index contributed by atoms with van der Waals surface area (Å²) in [6, 6.07) is 19.3. The Hall–Kier alpha value is -3.34. The van der Waals surface area contributed by atoms with Crippen LogP contribution in [-0.2, 0) is 11.2 Å². The molecule has 0 spiro atoms. The first-order valence-corrected chi connectivity index (χ1v) is 8.94. The fourth-order valence-electron chi connectivity index (χ4n) is 2.74. The van der Waals surface area contributed by atoms with Crippen LogP contribution in [0.4, 0.5) is 17.2 Å². The lowest BCUT2D eigenvalue weighted by Crippen LogP contribution is -2.14. The van der Waals surface area contributed by atoms with Crippen LogP contribution in [0.15, 0.2) is 66.9 Å². The van der Waals surface area contributed by atoms with Gasteiger partial charge in [-0.1, -0.05) is 42.0 Å². The number of rotatable bonds is 7. The number of carbonyl (C=O) groups excluding carboxylic acids is 1. The molecule has 0 aliphatic carbocycles. The van der Waals surface area contributed by atoms with Crippen LogP contribution in [0.1, 0.15) is 18.1 Å². The molecule has 5 nitrogen and oxygen atoms in total. The second kappa shape index (κ2) is 8.85. The third-order valence-corrected chi connectivity index (χ3v) is 3.94. The molecule has 3 rings (SSSR count). The molecule has 2 aromatic carbocycles. The van der Waals surface area contributed by atoms with Gasteiger partial charge in [0.25, 0.3) is 0 Å². The number of anilines is 3. The summed E-state index contributed by atoms with van der Waals surface area (Å²) in [5, 5.41) is 6.11. The van der Waals surface area contributed by atoms with Gasteiger partial charge in [-0.15, -0.1) is 0 Å². The highest BCUT2D eigenvalue weighted by molar-refractivity contribution is 5.92. The third-order valence-electron chi connectivity index (χ3n) is 3.94. The molecule has 0 saturated heterocycles. The van der Waals surface area contributed by atoms with Gasteiger partial charge in [-0.3, -0.25) is 4.79 Å². The summed E-state index contributed by atoms with van der Waals surface area (Å²) in [7, 11) is 0. The number of aromatic nitrogens is 1. The summed E-state index contributed by atoms with van der Waals surface area (Å²) in [6.07, 6.45) is 1.98. The quantitative estimate of drug-likeness (QED) is 0.639. The summed E-state index contributed by atoms with van der Waals surface area (Å²) in [4.78, 5) is 16.6. The van der Waals surface area contributed by atoms with E-state index in [1.54, 1.807) is 6.20 Å². The second-order valence-electron chi connectivity index (χ2n) is 6.20. The molecule has 138 valence electrons. The number of aryl methyl sites for hydroxylation is 1. The van der Waals surface area contributed by atoms with Crippen molar-refractivity contribution in [3.05, 3.63) is 78.0 Å². The maximum atomic E-state index is 12.2. The Balaban J connectivity index is 1.61. The molecule has 1 amide bonds. The van der Waals surface area contributed by atoms with E-state index in [0.717, 1.165) is 22.6 Å². The van der Waals surface area contributed by atoms with Crippen molar-refractivity contribution in [3.8, 4) is 5.75 Å². The molecule has 0 aliphatic rings. The molecule has 27 heavy (non-hydrogen) atoms. The highest BCUT2D eigenvalue weighted by atomic mass is 16.5. The van der Waals surface area contributed by atoms with Gasteiger partial charge in [-0.2, -0.15) is 0 Å². The van der Waals surface area contributed by atoms with Gasteiger partial charge in [0.05, 0.1) is 30.6 Å². The van der Waals surface area contributed by atoms with Crippen LogP contribution in [0.5, 0.6) is 5.75 Å². The molecule has 0 atom stereocenters. The largest absolute Gasteiger partial charge is 0.492 e. The Bertz CT molecular complexity index is 907. The van der Waals surface area contributed by atoms with Gasteiger partial charge in [0.2, 0.25) is 5.91 Å². The van der Waals surface area contributed by atoms with Crippen molar-refractivity contribution in [2.75, 3.05) is 17.2 Å². The van der Waals surface area contributed by atoms with Gasteiger partial charge >= 0.3 is 0 Å². The van der Waals surface area contributed by atoms with Crippen molar-refractivity contribution < 1.29 is 9.53 Å². The predicted octanol–water partition coefficient (Wildman–Crippen LogP) is 4.71. The highest BCUT2D eigenvalue weighted by Gasteiger charge is 2.06. The number of amides is 1. The zero-order chi connectivity index (χ0) is 19.1. The number of pyridine rings is 1. The van der Waals surface area contributed by atoms with Crippen LogP contribution in [0.25, 0.3) is 0 Å². The fourth-order valence-corrected chi connectivity index (χ4v) is 2.74. The third kappa shape index (κ3) is 5.31. The van der Waals surface area contributed by atoms with E-state index in [4.69, 9.17) is 4.74 Å². The zero-order valence-electron chi connectivity index (χ0n) is 15.5. The van der Waals surface area contributed by atoms with Crippen LogP contribution in [0.3, 0.4) is 0 Å². The van der Waals surface area contributed by atoms with E-state index in [1.165, 1.54) is 0 Å². The molecule has 2 N–H and O–H groups in total. The van der Waals surface area contributed by atoms with Crippen molar-refractivity contribution in [3.63, 3.8) is 0 Å². The van der Waals surface area contributed by atoms with Gasteiger partial charge in [-0.05, 0) is 43.7 Å². The normalized spacial score (nSPS) is 10.3. The van der Waals surface area contributed by atoms with Gasteiger partial charge < -0.3 is 15.4 Å². The number of nitrogens with zero attached hydrogens (tertiary/aromatic N) is 1. The number of para-hydroxylation sites is 2. The molecule has 0 aliphatic heterocycles. The van der Waals surface area contributed by atoms with Gasteiger partial charge in [0, 0.05) is 0 Å². The van der Waals surface area contributed by atoms with Crippen LogP contribution < -0.4 is 15.4 Å². The van der Waals surface area contributed by atoms with Crippen LogP contribution in [-0.4, -0.2) is 17.5 Å². The molecule has 0 saturated carbocycles. The minimum absolute atomic E-state index is 0.0650. The van der Waals surface area contributed by atoms with E-state index in [2.05, 4.69) is 15.6 Å². The van der Waals surface area contributed by atoms with Crippen molar-refractivity contribution in [2.24, 2.45) is 0 Å². The molecule has 5 heteroatoms. The van der Waals surface area contributed by atoms with Crippen molar-refractivity contribution in [1.82, 2.24) is 4.98 Å². The topological polar surface area (TPSA) is 63.2 Å². The van der Waals surface area contributed by atoms with E-state index in [9.17, 15) is 4.79 Å². The Morgan fingerprint density at radius 2 is 1.93 bits per heavy atom. The van der Waals surface area contributed by atoms with E-state index in [-0.39, 0.29) is 5.91 Å². The summed E-state index contributed by atoms with van der Waals surface area (Å²) >= 11 is 0. The smallest absolute Gasteiger partial charge is 0.228 e. The fraction of sp³-hybridized carbons (Fsp3) is 0.182. The predicted molar refractivity (Wildman–Crippen MR) is 109 cm³/mol. The average molecular weight is 361 g/mol. The molecule has 1 heterocycles. The number of ether oxygens (including phenoxy) is 1. The zero-order valence-corrected chi connectivity index (χ0v) is 15.5. The first-order chi connectivity index (χ1) is 13.1. The molecular formula is C22H23N3O2. The highest BCUT2D eigenvalue weighted by Crippen LogP contribution is 2.26. The number of nitrogens with one attached hydrogen (secondary N) is 2. The SMILES string of the molecule is CCOc1ccccc1Nc1ccc(NC(=O)Cc2cccc(C)c2)cn1. The lowest BCUT2D eigenvalue weighted by Gasteiger charge is -2.12. The lowest BCUT2D eigenvalue weighted by molar-refractivity contribution is -0.115. The monoisotopic (exact) mass is 361 g/mol. The van der Waals surface area contributed by atoms with Crippen molar-refractivity contribution >= 4 is 23.1 Å². The Morgan fingerprint density at radius 3 is 2.67 bits per heavy atom. The van der Waals surface area contributed by atoms with E-state index < -0.39 is 0 Å². The number of hydrogen-bond acceptors (Lipinski definition) is 4. The molecule has 0 fully saturated rings. The number of benzene rings is 2. The Morgan fingerprint density at radius 1 is 1.07 bits per heavy atom. The second-order valence-corrected chi connectivity index (χ2v) is 6.20. The Kier molecular flexibility index (Phi) is 6.05. The standard InChI is InChI=1S/C22H23N3O2/c1-3-27-20-10-5-4-9-19(20)25-21-12-11-18(15-23-21)24-22(26)14-17-8-6-7-16(2)13-17/h4-13,15H,3,14H2,1-2H3,(H,23,25)(H,24,26). The van der Waals surface area contributed by atoms with E-state index in [1.807, 2.05) is 74.5 Å². The van der Waals surface area contributed by atoms with Crippen LogP contribution in [0, 0.1) is 6.92 Å². The van der Waals surface area contributed by atoms with Gasteiger partial charge in [0.15, 0.2) is 0 Å². The van der Waals surface area contributed by atoms with Gasteiger partial charge in [0.1, 0.15) is 11.6 Å². The number of hydrogen-bond donors (Lipinski definition) is 2. The molecule has 1 aromatic heterocycles. The average Bonchev–Trinajstić information content (AvgIpc) is 2.65. The van der Waals surface area contributed by atoms with Crippen LogP contribution >= 0.6 is 0 Å². The van der Waals surface area contributed by atoms with E-state index >= 15 is 0 Å². The first-order valence-electron chi connectivity index (χ1n) is 8.94. The Labute approximate surface area is 159 Å². The minimum Gasteiger partial charge on any atom is -0.492 e. The summed E-state index contributed by atoms with van der Waals surface area (Å²) < 4.78 is 5.60.